The number of amides is 3. The van der Waals surface area contributed by atoms with Crippen molar-refractivity contribution in [3.8, 4) is 0 Å². The maximum absolute atomic E-state index is 11.6. The third-order valence-electron chi connectivity index (χ3n) is 2.94. The Balaban J connectivity index is 1.82. The predicted molar refractivity (Wildman–Crippen MR) is 70.2 cm³/mol. The molecule has 0 aromatic heterocycles. The van der Waals surface area contributed by atoms with E-state index in [1.807, 2.05) is 0 Å². The number of hydrogen-bond acceptors (Lipinski definition) is 3. The summed E-state index contributed by atoms with van der Waals surface area (Å²) in [7, 11) is 0. The van der Waals surface area contributed by atoms with Crippen LogP contribution >= 0.6 is 0 Å². The Bertz CT molecular complexity index is 544. The molecule has 1 aromatic carbocycles. The molecule has 0 radical (unpaired) electrons. The van der Waals surface area contributed by atoms with Crippen molar-refractivity contribution in [3.05, 3.63) is 35.4 Å². The van der Waals surface area contributed by atoms with Crippen molar-refractivity contribution in [2.45, 2.75) is 19.0 Å². The number of nitrogens with one attached hydrogen (secondary N) is 3. The zero-order valence-corrected chi connectivity index (χ0v) is 10.7. The summed E-state index contributed by atoms with van der Waals surface area (Å²) in [5.74, 6) is -1.09. The Morgan fingerprint density at radius 1 is 1.40 bits per heavy atom. The summed E-state index contributed by atoms with van der Waals surface area (Å²) in [6, 6.07) is 5.76. The van der Waals surface area contributed by atoms with E-state index in [4.69, 9.17) is 5.11 Å². The third-order valence-corrected chi connectivity index (χ3v) is 2.94. The molecule has 2 rings (SSSR count). The van der Waals surface area contributed by atoms with Gasteiger partial charge in [0.25, 0.3) is 0 Å². The molecule has 7 nitrogen and oxygen atoms in total. The van der Waals surface area contributed by atoms with Crippen molar-refractivity contribution in [2.24, 2.45) is 0 Å². The van der Waals surface area contributed by atoms with Crippen LogP contribution in [0.4, 0.5) is 4.79 Å². The summed E-state index contributed by atoms with van der Waals surface area (Å²) < 4.78 is 0. The van der Waals surface area contributed by atoms with Gasteiger partial charge >= 0.3 is 12.0 Å². The van der Waals surface area contributed by atoms with Crippen molar-refractivity contribution in [3.63, 3.8) is 0 Å². The zero-order chi connectivity index (χ0) is 14.5. The number of carbonyl (C=O) groups is 3. The molecule has 106 valence electrons. The van der Waals surface area contributed by atoms with E-state index in [0.29, 0.717) is 12.1 Å². The van der Waals surface area contributed by atoms with Crippen molar-refractivity contribution in [1.29, 1.82) is 0 Å². The van der Waals surface area contributed by atoms with E-state index in [9.17, 15) is 14.4 Å². The molecule has 0 spiro atoms. The second-order valence-electron chi connectivity index (χ2n) is 4.54. The predicted octanol–water partition coefficient (Wildman–Crippen LogP) is 0.0725. The molecule has 4 N–H and O–H groups in total. The number of aromatic carboxylic acids is 1. The highest BCUT2D eigenvalue weighted by atomic mass is 16.4. The van der Waals surface area contributed by atoms with Gasteiger partial charge in [0, 0.05) is 19.5 Å². The summed E-state index contributed by atoms with van der Waals surface area (Å²) in [6.45, 7) is 0.655. The van der Waals surface area contributed by atoms with Gasteiger partial charge in [0.1, 0.15) is 0 Å². The Hall–Kier alpha value is -2.57. The molecule has 1 fully saturated rings. The highest BCUT2D eigenvalue weighted by molar-refractivity contribution is 5.87. The van der Waals surface area contributed by atoms with E-state index < -0.39 is 5.97 Å². The first kappa shape index (κ1) is 13.9. The van der Waals surface area contributed by atoms with Crippen LogP contribution in [0.15, 0.2) is 24.3 Å². The van der Waals surface area contributed by atoms with Crippen LogP contribution in [-0.4, -0.2) is 35.6 Å². The number of carbonyl (C=O) groups excluding carboxylic acids is 2. The van der Waals surface area contributed by atoms with Crippen molar-refractivity contribution in [1.82, 2.24) is 16.0 Å². The molecule has 20 heavy (non-hydrogen) atoms. The highest BCUT2D eigenvalue weighted by Crippen LogP contribution is 2.05. The molecule has 0 saturated carbocycles. The number of carboxylic acids is 1. The number of carboxylic acid groups (broad SMARTS) is 1. The SMILES string of the molecule is O=C1CC(NC(=O)NCc2cccc(C(=O)O)c2)CN1. The largest absolute Gasteiger partial charge is 0.478 e. The second-order valence-corrected chi connectivity index (χ2v) is 4.54. The fourth-order valence-corrected chi connectivity index (χ4v) is 1.94. The standard InChI is InChI=1S/C13H15N3O4/c17-11-5-10(7-14-11)16-13(20)15-6-8-2-1-3-9(4-8)12(18)19/h1-4,10H,5-7H2,(H,14,17)(H,18,19)(H2,15,16,20). The Morgan fingerprint density at radius 3 is 2.85 bits per heavy atom. The zero-order valence-electron chi connectivity index (χ0n) is 10.7. The average molecular weight is 277 g/mol. The van der Waals surface area contributed by atoms with E-state index in [1.165, 1.54) is 12.1 Å². The lowest BCUT2D eigenvalue weighted by molar-refractivity contribution is -0.119. The molecule has 1 atom stereocenters. The first-order valence-corrected chi connectivity index (χ1v) is 6.18. The average Bonchev–Trinajstić information content (AvgIpc) is 2.82. The van der Waals surface area contributed by atoms with Gasteiger partial charge in [0.05, 0.1) is 11.6 Å². The molecule has 1 aromatic rings. The van der Waals surface area contributed by atoms with Gasteiger partial charge in [-0.15, -0.1) is 0 Å². The fraction of sp³-hybridized carbons (Fsp3) is 0.308. The smallest absolute Gasteiger partial charge is 0.335 e. The molecule has 1 aliphatic heterocycles. The monoisotopic (exact) mass is 277 g/mol. The van der Waals surface area contributed by atoms with Crippen LogP contribution in [0.3, 0.4) is 0 Å². The molecule has 1 unspecified atom stereocenters. The van der Waals surface area contributed by atoms with Crippen LogP contribution in [0.2, 0.25) is 0 Å². The fourth-order valence-electron chi connectivity index (χ4n) is 1.94. The minimum atomic E-state index is -1.01. The summed E-state index contributed by atoms with van der Waals surface area (Å²) in [5.41, 5.74) is 0.871. The molecule has 1 saturated heterocycles. The van der Waals surface area contributed by atoms with Crippen molar-refractivity contribution < 1.29 is 19.5 Å². The normalized spacial score (nSPS) is 17.4. The van der Waals surface area contributed by atoms with Crippen LogP contribution < -0.4 is 16.0 Å². The maximum Gasteiger partial charge on any atom is 0.335 e. The molecular formula is C13H15N3O4. The molecule has 0 bridgehead atoms. The van der Waals surface area contributed by atoms with Crippen molar-refractivity contribution >= 4 is 17.9 Å². The van der Waals surface area contributed by atoms with Gasteiger partial charge in [-0.1, -0.05) is 12.1 Å². The first-order chi connectivity index (χ1) is 9.54. The van der Waals surface area contributed by atoms with Crippen molar-refractivity contribution in [2.75, 3.05) is 6.54 Å². The van der Waals surface area contributed by atoms with Crippen LogP contribution in [0.25, 0.3) is 0 Å². The van der Waals surface area contributed by atoms with Crippen LogP contribution in [0.5, 0.6) is 0 Å². The van der Waals surface area contributed by atoms with Gasteiger partial charge in [-0.2, -0.15) is 0 Å². The number of rotatable bonds is 4. The van der Waals surface area contributed by atoms with Gasteiger partial charge in [-0.25, -0.2) is 9.59 Å². The van der Waals surface area contributed by atoms with Gasteiger partial charge < -0.3 is 21.1 Å². The van der Waals surface area contributed by atoms with Crippen LogP contribution in [0, 0.1) is 0 Å². The van der Waals surface area contributed by atoms with E-state index in [2.05, 4.69) is 16.0 Å². The van der Waals surface area contributed by atoms with E-state index in [-0.39, 0.29) is 36.5 Å². The summed E-state index contributed by atoms with van der Waals surface area (Å²) in [4.78, 5) is 33.4. The molecular weight excluding hydrogens is 262 g/mol. The Kier molecular flexibility index (Phi) is 4.19. The quantitative estimate of drug-likeness (QED) is 0.624. The van der Waals surface area contributed by atoms with Gasteiger partial charge in [0.15, 0.2) is 0 Å². The molecule has 3 amide bonds. The maximum atomic E-state index is 11.6. The summed E-state index contributed by atoms with van der Waals surface area (Å²) in [5, 5.41) is 16.8. The lowest BCUT2D eigenvalue weighted by Gasteiger charge is -2.11. The minimum absolute atomic E-state index is 0.0792. The third kappa shape index (κ3) is 3.71. The van der Waals surface area contributed by atoms with Gasteiger partial charge in [-0.05, 0) is 17.7 Å². The molecule has 0 aliphatic carbocycles. The molecule has 1 aliphatic rings. The van der Waals surface area contributed by atoms with E-state index >= 15 is 0 Å². The van der Waals surface area contributed by atoms with Gasteiger partial charge in [0.2, 0.25) is 5.91 Å². The topological polar surface area (TPSA) is 108 Å². The van der Waals surface area contributed by atoms with Crippen LogP contribution in [-0.2, 0) is 11.3 Å². The molecule has 7 heteroatoms. The number of hydrogen-bond donors (Lipinski definition) is 4. The summed E-state index contributed by atoms with van der Waals surface area (Å²) >= 11 is 0. The first-order valence-electron chi connectivity index (χ1n) is 6.18. The Labute approximate surface area is 115 Å². The summed E-state index contributed by atoms with van der Waals surface area (Å²) in [6.07, 6.45) is 0.280. The number of urea groups is 1. The highest BCUT2D eigenvalue weighted by Gasteiger charge is 2.22. The van der Waals surface area contributed by atoms with Crippen LogP contribution in [0.1, 0.15) is 22.3 Å². The van der Waals surface area contributed by atoms with Gasteiger partial charge in [-0.3, -0.25) is 4.79 Å². The lowest BCUT2D eigenvalue weighted by atomic mass is 10.1. The minimum Gasteiger partial charge on any atom is -0.478 e. The number of benzene rings is 1. The molecule has 1 heterocycles. The Morgan fingerprint density at radius 2 is 2.20 bits per heavy atom. The van der Waals surface area contributed by atoms with E-state index in [1.54, 1.807) is 12.1 Å². The van der Waals surface area contributed by atoms with E-state index in [0.717, 1.165) is 0 Å². The second kappa shape index (κ2) is 6.05. The lowest BCUT2D eigenvalue weighted by Crippen LogP contribution is -2.42.